The Morgan fingerprint density at radius 1 is 0.530 bits per heavy atom. The van der Waals surface area contributed by atoms with Crippen LogP contribution in [0.1, 0.15) is 107 Å². The van der Waals surface area contributed by atoms with E-state index in [1.54, 1.807) is 0 Å². The third-order valence-electron chi connectivity index (χ3n) is 11.2. The zero-order valence-electron chi connectivity index (χ0n) is 39.1. The molecule has 0 bridgehead atoms. The molecule has 0 radical (unpaired) electrons. The van der Waals surface area contributed by atoms with E-state index >= 15 is 0 Å². The first-order valence-corrected chi connectivity index (χ1v) is 25.4. The van der Waals surface area contributed by atoms with Crippen molar-refractivity contribution in [3.63, 3.8) is 0 Å². The summed E-state index contributed by atoms with van der Waals surface area (Å²) in [4.78, 5) is 12.2. The number of aliphatic imine (C=N–C) groups is 1. The first kappa shape index (κ1) is 53.4. The molecule has 12 heteroatoms. The molecule has 0 unspecified atom stereocenters. The summed E-state index contributed by atoms with van der Waals surface area (Å²) in [6, 6.07) is 47.6. The van der Waals surface area contributed by atoms with Crippen LogP contribution >= 0.6 is 31.9 Å². The van der Waals surface area contributed by atoms with E-state index in [4.69, 9.17) is 25.7 Å². The molecule has 1 aliphatic rings. The molecule has 0 saturated heterocycles. The molecular weight excluding hydrogens is 1020 g/mol. The molecular formula is C54H56Br2KMnN4O4. The van der Waals surface area contributed by atoms with E-state index in [0.717, 1.165) is 39.3 Å². The van der Waals surface area contributed by atoms with Gasteiger partial charge in [-0.15, -0.1) is 0 Å². The third kappa shape index (κ3) is 13.8. The minimum atomic E-state index is -5.62. The first-order chi connectivity index (χ1) is 30.9. The molecule has 66 heavy (non-hydrogen) atoms. The summed E-state index contributed by atoms with van der Waals surface area (Å²) in [5.41, 5.74) is 15.2. The number of amidine groups is 1. The van der Waals surface area contributed by atoms with Gasteiger partial charge >= 0.3 is 80.0 Å². The second-order valence-electron chi connectivity index (χ2n) is 17.2. The quantitative estimate of drug-likeness (QED) is 0.126. The molecule has 1 aromatic heterocycles. The van der Waals surface area contributed by atoms with Crippen molar-refractivity contribution in [3.05, 3.63) is 183 Å². The van der Waals surface area contributed by atoms with Gasteiger partial charge < -0.3 is 4.90 Å². The third-order valence-corrected chi connectivity index (χ3v) is 12.1. The second kappa shape index (κ2) is 24.2. The van der Waals surface area contributed by atoms with E-state index in [2.05, 4.69) is 236 Å². The molecule has 2 heterocycles. The number of aromatic nitrogens is 2. The number of nitrogens with zero attached hydrogens (tertiary/aromatic N) is 4. The Morgan fingerprint density at radius 2 is 0.909 bits per heavy atom. The predicted molar refractivity (Wildman–Crippen MR) is 265 cm³/mol. The molecule has 0 spiro atoms. The Morgan fingerprint density at radius 3 is 1.35 bits per heavy atom. The van der Waals surface area contributed by atoms with Gasteiger partial charge in [0.25, 0.3) is 0 Å². The Bertz CT molecular complexity index is 2880. The van der Waals surface area contributed by atoms with Gasteiger partial charge in [-0.25, -0.2) is 4.98 Å². The Labute approximate surface area is 451 Å². The molecule has 8 rings (SSSR count). The summed E-state index contributed by atoms with van der Waals surface area (Å²) >= 11 is 1.84. The average molecular weight is 1080 g/mol. The molecule has 0 amide bonds. The van der Waals surface area contributed by atoms with Crippen molar-refractivity contribution in [1.29, 1.82) is 0 Å². The van der Waals surface area contributed by atoms with Crippen LogP contribution in [0, 0.1) is 0 Å². The SMILES string of the molecule is CC(C)c1cc(Br)cc(C(C)C)c1-n1ccnc1-c1cccc(-c2ccccc2)c1.CC(C)c1cc(Br)cc(C(C)C)c1N1CCN=C1c1cccc(-c2ccccc2)c1.[K+].[O]=[Mn](=[O])(=[O])[O-]. The summed E-state index contributed by atoms with van der Waals surface area (Å²) in [6.07, 6.45) is 3.99. The van der Waals surface area contributed by atoms with Gasteiger partial charge in [-0.2, -0.15) is 0 Å². The van der Waals surface area contributed by atoms with Crippen molar-refractivity contribution >= 4 is 43.4 Å². The molecule has 0 aliphatic carbocycles. The van der Waals surface area contributed by atoms with E-state index in [-0.39, 0.29) is 51.4 Å². The summed E-state index contributed by atoms with van der Waals surface area (Å²) in [6.45, 7) is 19.9. The van der Waals surface area contributed by atoms with Crippen LogP contribution in [0.3, 0.4) is 0 Å². The summed E-state index contributed by atoms with van der Waals surface area (Å²) in [7, 11) is 0. The van der Waals surface area contributed by atoms with Crippen LogP contribution in [-0.2, 0) is 24.5 Å². The number of anilines is 1. The van der Waals surface area contributed by atoms with Crippen molar-refractivity contribution < 1.29 is 80.0 Å². The van der Waals surface area contributed by atoms with Crippen molar-refractivity contribution in [2.75, 3.05) is 18.0 Å². The number of imidazole rings is 1. The topological polar surface area (TPSA) is 108 Å². The van der Waals surface area contributed by atoms with Crippen molar-refractivity contribution in [3.8, 4) is 39.3 Å². The van der Waals surface area contributed by atoms with E-state index < -0.39 is 13.0 Å². The molecule has 338 valence electrons. The van der Waals surface area contributed by atoms with Crippen molar-refractivity contribution in [1.82, 2.24) is 9.55 Å². The molecule has 1 aliphatic heterocycles. The summed E-state index contributed by atoms with van der Waals surface area (Å²) < 4.78 is 38.9. The van der Waals surface area contributed by atoms with Crippen LogP contribution in [0.5, 0.6) is 0 Å². The molecule has 0 fully saturated rings. The Balaban J connectivity index is 0.000000222. The number of hydrogen-bond donors (Lipinski definition) is 0. The molecule has 0 N–H and O–H groups in total. The second-order valence-corrected chi connectivity index (χ2v) is 20.2. The van der Waals surface area contributed by atoms with E-state index in [9.17, 15) is 0 Å². The fourth-order valence-corrected chi connectivity index (χ4v) is 9.17. The summed E-state index contributed by atoms with van der Waals surface area (Å²) in [5, 5.41) is 0. The van der Waals surface area contributed by atoms with Crippen molar-refractivity contribution in [2.45, 2.75) is 79.1 Å². The maximum absolute atomic E-state index is 8.58. The van der Waals surface area contributed by atoms with Gasteiger partial charge in [0.1, 0.15) is 11.7 Å². The number of halogens is 2. The Hall–Kier alpha value is -3.52. The van der Waals surface area contributed by atoms with Gasteiger partial charge in [0, 0.05) is 44.7 Å². The molecule has 7 aromatic rings. The van der Waals surface area contributed by atoms with Crippen LogP contribution in [0.2, 0.25) is 0 Å². The van der Waals surface area contributed by atoms with E-state index in [0.29, 0.717) is 23.7 Å². The van der Waals surface area contributed by atoms with Gasteiger partial charge in [-0.3, -0.25) is 9.56 Å². The van der Waals surface area contributed by atoms with Crippen LogP contribution < -0.4 is 60.5 Å². The maximum atomic E-state index is 8.58. The standard InChI is InChI=1S/C27H29BrN2.C27H27BrN2.K.Mn.4O/c2*1-18(2)24-16-23(28)17-25(19(3)4)26(24)30-14-13-29-27(30)22-12-8-11-21(15-22)20-9-6-5-7-10-20;;;;;;/h5-12,15-19H,13-14H2,1-4H3;5-19H,1-4H3;;;;;;/q;;+1;;;;;-1. The van der Waals surface area contributed by atoms with Gasteiger partial charge in [-0.1, -0.05) is 184 Å². The predicted octanol–water partition coefficient (Wildman–Crippen LogP) is 11.3. The van der Waals surface area contributed by atoms with Crippen LogP contribution in [0.15, 0.2) is 160 Å². The monoisotopic (exact) mass is 1080 g/mol. The van der Waals surface area contributed by atoms with Crippen LogP contribution in [-0.4, -0.2) is 28.5 Å². The summed E-state index contributed by atoms with van der Waals surface area (Å²) in [5.74, 6) is 3.74. The zero-order valence-corrected chi connectivity index (χ0v) is 46.6. The normalized spacial score (nSPS) is 12.4. The van der Waals surface area contributed by atoms with Gasteiger partial charge in [-0.05, 0) is 105 Å². The number of rotatable bonds is 10. The van der Waals surface area contributed by atoms with Crippen molar-refractivity contribution in [2.24, 2.45) is 4.99 Å². The number of benzene rings is 6. The minimum absolute atomic E-state index is 0. The van der Waals surface area contributed by atoms with Crippen LogP contribution in [0.4, 0.5) is 5.69 Å². The van der Waals surface area contributed by atoms with Gasteiger partial charge in [0.15, 0.2) is 0 Å². The molecule has 6 aromatic carbocycles. The van der Waals surface area contributed by atoms with Gasteiger partial charge in [0.2, 0.25) is 0 Å². The zero-order chi connectivity index (χ0) is 47.0. The van der Waals surface area contributed by atoms with E-state index in [1.165, 1.54) is 61.4 Å². The van der Waals surface area contributed by atoms with E-state index in [1.807, 2.05) is 6.20 Å². The van der Waals surface area contributed by atoms with Crippen LogP contribution in [0.25, 0.3) is 39.3 Å². The number of hydrogen-bond acceptors (Lipinski definition) is 7. The average Bonchev–Trinajstić information content (AvgIpc) is 3.97. The van der Waals surface area contributed by atoms with Gasteiger partial charge in [0.05, 0.1) is 12.2 Å². The fourth-order valence-electron chi connectivity index (χ4n) is 8.18. The fraction of sp³-hybridized carbons (Fsp3) is 0.259. The first-order valence-electron chi connectivity index (χ1n) is 21.9. The molecule has 0 saturated carbocycles. The molecule has 8 nitrogen and oxygen atoms in total. The molecule has 0 atom stereocenters. The Kier molecular flexibility index (Phi) is 19.6.